The fourth-order valence-corrected chi connectivity index (χ4v) is 4.74. The van der Waals surface area contributed by atoms with Crippen LogP contribution in [0.1, 0.15) is 57.1 Å². The molecule has 3 aromatic rings. The number of halogens is 4. The molecule has 1 aromatic carbocycles. The van der Waals surface area contributed by atoms with Gasteiger partial charge in [0.2, 0.25) is 5.88 Å². The molecule has 0 radical (unpaired) electrons. The highest BCUT2D eigenvalue weighted by atomic mass is 19.4. The van der Waals surface area contributed by atoms with Crippen molar-refractivity contribution < 1.29 is 36.6 Å². The number of nitrogens with zero attached hydrogens (tertiary/aromatic N) is 2. The van der Waals surface area contributed by atoms with Crippen LogP contribution in [0, 0.1) is 5.82 Å². The van der Waals surface area contributed by atoms with Gasteiger partial charge in [0.1, 0.15) is 23.2 Å². The van der Waals surface area contributed by atoms with E-state index in [-0.39, 0.29) is 56.0 Å². The second-order valence-electron chi connectivity index (χ2n) is 10.1. The van der Waals surface area contributed by atoms with Crippen LogP contribution in [-0.4, -0.2) is 51.2 Å². The van der Waals surface area contributed by atoms with Crippen LogP contribution in [0.2, 0.25) is 0 Å². The average Bonchev–Trinajstić information content (AvgIpc) is 3.37. The SMILES string of the molecule is CC[C@@H](O[C@H](C)C/C=C/C(=O)C/C1=C\c2cccc(F)c2C[C@@H](Oc2ccc3[nH]ncc3n2)CC(=O)C1)C(F)(F)F. The lowest BCUT2D eigenvalue weighted by Gasteiger charge is -2.22. The van der Waals surface area contributed by atoms with Gasteiger partial charge in [0.05, 0.1) is 17.8 Å². The molecule has 0 spiro atoms. The van der Waals surface area contributed by atoms with Crippen molar-refractivity contribution >= 4 is 28.7 Å². The number of Topliss-reactive ketones (excluding diaryl/α,β-unsaturated/α-hetero) is 1. The molecule has 218 valence electrons. The third-order valence-corrected chi connectivity index (χ3v) is 6.69. The van der Waals surface area contributed by atoms with Crippen molar-refractivity contribution in [3.63, 3.8) is 0 Å². The maximum atomic E-state index is 15.0. The Balaban J connectivity index is 1.45. The van der Waals surface area contributed by atoms with E-state index >= 15 is 0 Å². The van der Waals surface area contributed by atoms with Crippen molar-refractivity contribution in [2.45, 2.75) is 76.9 Å². The molecule has 0 aliphatic heterocycles. The van der Waals surface area contributed by atoms with Crippen molar-refractivity contribution in [3.8, 4) is 5.88 Å². The second kappa shape index (κ2) is 13.2. The molecule has 0 fully saturated rings. The predicted octanol–water partition coefficient (Wildman–Crippen LogP) is 6.48. The number of H-pyrrole nitrogens is 1. The molecule has 2 heterocycles. The van der Waals surface area contributed by atoms with E-state index in [2.05, 4.69) is 15.2 Å². The lowest BCUT2D eigenvalue weighted by atomic mass is 9.98. The zero-order valence-electron chi connectivity index (χ0n) is 22.7. The normalized spacial score (nSPS) is 19.1. The quantitative estimate of drug-likeness (QED) is 0.220. The van der Waals surface area contributed by atoms with Crippen molar-refractivity contribution in [2.75, 3.05) is 0 Å². The minimum absolute atomic E-state index is 0.0209. The molecule has 0 unspecified atom stereocenters. The minimum Gasteiger partial charge on any atom is -0.474 e. The number of alkyl halides is 3. The van der Waals surface area contributed by atoms with Gasteiger partial charge < -0.3 is 9.47 Å². The van der Waals surface area contributed by atoms with E-state index in [1.54, 1.807) is 36.5 Å². The van der Waals surface area contributed by atoms with Crippen LogP contribution in [0.25, 0.3) is 17.1 Å². The lowest BCUT2D eigenvalue weighted by molar-refractivity contribution is -0.231. The Labute approximate surface area is 234 Å². The average molecular weight is 574 g/mol. The number of aromatic amines is 1. The molecule has 0 saturated carbocycles. The summed E-state index contributed by atoms with van der Waals surface area (Å²) in [6.07, 6.45) is -1.94. The van der Waals surface area contributed by atoms with Gasteiger partial charge in [-0.15, -0.1) is 0 Å². The van der Waals surface area contributed by atoms with Gasteiger partial charge in [-0.1, -0.05) is 36.8 Å². The van der Waals surface area contributed by atoms with Gasteiger partial charge in [-0.3, -0.25) is 14.7 Å². The highest BCUT2D eigenvalue weighted by molar-refractivity contribution is 5.94. The Bertz CT molecular complexity index is 1450. The summed E-state index contributed by atoms with van der Waals surface area (Å²) in [4.78, 5) is 30.1. The first-order chi connectivity index (χ1) is 19.5. The van der Waals surface area contributed by atoms with Crippen LogP contribution in [0.4, 0.5) is 17.6 Å². The summed E-state index contributed by atoms with van der Waals surface area (Å²) in [5.41, 5.74) is 2.71. The van der Waals surface area contributed by atoms with Gasteiger partial charge >= 0.3 is 6.18 Å². The van der Waals surface area contributed by atoms with Gasteiger partial charge in [0.15, 0.2) is 11.9 Å². The number of allylic oxidation sites excluding steroid dienone is 2. The third kappa shape index (κ3) is 8.32. The van der Waals surface area contributed by atoms with E-state index < -0.39 is 30.3 Å². The molecule has 4 rings (SSSR count). The summed E-state index contributed by atoms with van der Waals surface area (Å²) < 4.78 is 64.9. The van der Waals surface area contributed by atoms with Crippen molar-refractivity contribution in [3.05, 3.63) is 71.2 Å². The molecule has 1 aliphatic rings. The Morgan fingerprint density at radius 1 is 1.22 bits per heavy atom. The zero-order valence-corrected chi connectivity index (χ0v) is 22.7. The van der Waals surface area contributed by atoms with Crippen LogP contribution in [0.5, 0.6) is 5.88 Å². The topological polar surface area (TPSA) is 94.2 Å². The highest BCUT2D eigenvalue weighted by Crippen LogP contribution is 2.28. The number of hydrogen-bond donors (Lipinski definition) is 1. The molecule has 0 amide bonds. The molecule has 1 N–H and O–H groups in total. The fourth-order valence-electron chi connectivity index (χ4n) is 4.74. The van der Waals surface area contributed by atoms with E-state index in [4.69, 9.17) is 9.47 Å². The number of benzene rings is 1. The summed E-state index contributed by atoms with van der Waals surface area (Å²) in [5, 5.41) is 6.73. The van der Waals surface area contributed by atoms with Crippen LogP contribution in [-0.2, 0) is 20.7 Å². The lowest BCUT2D eigenvalue weighted by Crippen LogP contribution is -2.33. The molecule has 7 nitrogen and oxygen atoms in total. The number of ketones is 2. The van der Waals surface area contributed by atoms with Crippen LogP contribution in [0.3, 0.4) is 0 Å². The van der Waals surface area contributed by atoms with E-state index in [0.29, 0.717) is 22.2 Å². The Hall–Kier alpha value is -3.86. The first kappa shape index (κ1) is 30.1. The third-order valence-electron chi connectivity index (χ3n) is 6.69. The van der Waals surface area contributed by atoms with Gasteiger partial charge in [-0.2, -0.15) is 18.3 Å². The first-order valence-corrected chi connectivity index (χ1v) is 13.4. The maximum Gasteiger partial charge on any atom is 0.414 e. The van der Waals surface area contributed by atoms with Crippen LogP contribution < -0.4 is 4.74 Å². The Kier molecular flexibility index (Phi) is 9.69. The smallest absolute Gasteiger partial charge is 0.414 e. The number of rotatable bonds is 10. The number of carbonyl (C=O) groups excluding carboxylic acids is 2. The number of ether oxygens (including phenoxy) is 2. The number of nitrogens with one attached hydrogen (secondary N) is 1. The molecular formula is C30H31F4N3O4. The summed E-state index contributed by atoms with van der Waals surface area (Å²) in [6.45, 7) is 2.90. The maximum absolute atomic E-state index is 15.0. The number of hydrogen-bond acceptors (Lipinski definition) is 6. The summed E-state index contributed by atoms with van der Waals surface area (Å²) >= 11 is 0. The molecular weight excluding hydrogens is 542 g/mol. The largest absolute Gasteiger partial charge is 0.474 e. The first-order valence-electron chi connectivity index (χ1n) is 13.4. The van der Waals surface area contributed by atoms with Crippen molar-refractivity contribution in [2.24, 2.45) is 0 Å². The van der Waals surface area contributed by atoms with Crippen LogP contribution in [0.15, 0.2) is 54.3 Å². The second-order valence-corrected chi connectivity index (χ2v) is 10.1. The molecule has 0 bridgehead atoms. The minimum atomic E-state index is -4.46. The zero-order chi connectivity index (χ0) is 29.6. The molecule has 2 aromatic heterocycles. The van der Waals surface area contributed by atoms with Gasteiger partial charge in [-0.05, 0) is 49.1 Å². The van der Waals surface area contributed by atoms with E-state index in [0.717, 1.165) is 5.52 Å². The molecule has 41 heavy (non-hydrogen) atoms. The van der Waals surface area contributed by atoms with Crippen molar-refractivity contribution in [1.29, 1.82) is 0 Å². The monoisotopic (exact) mass is 573 g/mol. The number of aromatic nitrogens is 3. The predicted molar refractivity (Wildman–Crippen MR) is 145 cm³/mol. The summed E-state index contributed by atoms with van der Waals surface area (Å²) in [7, 11) is 0. The summed E-state index contributed by atoms with van der Waals surface area (Å²) in [5.74, 6) is -0.693. The summed E-state index contributed by atoms with van der Waals surface area (Å²) in [6, 6.07) is 8.00. The van der Waals surface area contributed by atoms with Crippen LogP contribution >= 0.6 is 0 Å². The van der Waals surface area contributed by atoms with E-state index in [9.17, 15) is 27.2 Å². The molecule has 11 heteroatoms. The highest BCUT2D eigenvalue weighted by Gasteiger charge is 2.40. The Morgan fingerprint density at radius 3 is 2.78 bits per heavy atom. The standard InChI is InChI=1S/C30H31F4N3O4/c1-3-28(30(32,33)34)40-18(2)6-4-8-21(38)13-19-12-20-7-5-9-25(31)24(20)16-23(15-22(39)14-19)41-29-11-10-26-27(36-29)17-35-37-26/h4-5,7-12,17-18,23,28H,3,6,13-16H2,1-2H3,(H,35,37)/b8-4+,19-12+/t18-,23+,28-/m1/s1. The number of pyridine rings is 1. The van der Waals surface area contributed by atoms with Crippen molar-refractivity contribution in [1.82, 2.24) is 15.2 Å². The van der Waals surface area contributed by atoms with E-state index in [1.807, 2.05) is 0 Å². The fraction of sp³-hybridized carbons (Fsp3) is 0.400. The number of carbonyl (C=O) groups is 2. The van der Waals surface area contributed by atoms with E-state index in [1.165, 1.54) is 32.1 Å². The molecule has 0 saturated heterocycles. The van der Waals surface area contributed by atoms with Gasteiger partial charge in [-0.25, -0.2) is 9.37 Å². The van der Waals surface area contributed by atoms with Gasteiger partial charge in [0.25, 0.3) is 0 Å². The Morgan fingerprint density at radius 2 is 2.02 bits per heavy atom. The van der Waals surface area contributed by atoms with Gasteiger partial charge in [0, 0.05) is 31.7 Å². The molecule has 3 atom stereocenters. The number of fused-ring (bicyclic) bond motifs is 2. The molecule has 1 aliphatic carbocycles.